The summed E-state index contributed by atoms with van der Waals surface area (Å²) in [5, 5.41) is 3.05. The highest BCUT2D eigenvalue weighted by Gasteiger charge is 2.13. The van der Waals surface area contributed by atoms with Crippen LogP contribution in [0.1, 0.15) is 27.9 Å². The Labute approximate surface area is 119 Å². The number of anilines is 1. The fourth-order valence-corrected chi connectivity index (χ4v) is 2.61. The first-order valence-corrected chi connectivity index (χ1v) is 6.80. The van der Waals surface area contributed by atoms with Crippen LogP contribution in [0.3, 0.4) is 0 Å². The van der Waals surface area contributed by atoms with E-state index in [1.165, 1.54) is 19.1 Å². The van der Waals surface area contributed by atoms with Gasteiger partial charge in [0.15, 0.2) is 10.9 Å². The molecule has 4 nitrogen and oxygen atoms in total. The number of carbonyl (C=O) groups is 2. The number of halogens is 1. The number of nitrogens with zero attached hydrogens (tertiary/aromatic N) is 1. The molecule has 0 atom stereocenters. The van der Waals surface area contributed by atoms with Gasteiger partial charge >= 0.3 is 0 Å². The first kappa shape index (κ1) is 14.3. The first-order valence-electron chi connectivity index (χ1n) is 5.98. The third-order valence-electron chi connectivity index (χ3n) is 2.64. The molecule has 104 valence electrons. The second-order valence-electron chi connectivity index (χ2n) is 4.34. The van der Waals surface area contributed by atoms with Crippen molar-refractivity contribution in [2.75, 3.05) is 5.32 Å². The maximum absolute atomic E-state index is 12.8. The van der Waals surface area contributed by atoms with Crippen molar-refractivity contribution in [2.24, 2.45) is 0 Å². The van der Waals surface area contributed by atoms with Gasteiger partial charge in [-0.2, -0.15) is 0 Å². The Balaban J connectivity index is 2.03. The highest BCUT2D eigenvalue weighted by Crippen LogP contribution is 2.23. The summed E-state index contributed by atoms with van der Waals surface area (Å²) in [7, 11) is 0. The number of Topliss-reactive ketones (excluding diaryl/α,β-unsaturated/α-hetero) is 1. The van der Waals surface area contributed by atoms with Gasteiger partial charge in [-0.1, -0.05) is 23.5 Å². The van der Waals surface area contributed by atoms with E-state index in [2.05, 4.69) is 10.3 Å². The van der Waals surface area contributed by atoms with Crippen LogP contribution in [0.25, 0.3) is 0 Å². The Morgan fingerprint density at radius 3 is 2.50 bits per heavy atom. The predicted molar refractivity (Wildman–Crippen MR) is 75.6 cm³/mol. The van der Waals surface area contributed by atoms with Crippen LogP contribution in [0.15, 0.2) is 24.3 Å². The van der Waals surface area contributed by atoms with E-state index in [0.29, 0.717) is 21.3 Å². The molecule has 1 aromatic carbocycles. The van der Waals surface area contributed by atoms with Crippen molar-refractivity contribution >= 4 is 28.2 Å². The van der Waals surface area contributed by atoms with Gasteiger partial charge in [0.05, 0.1) is 17.0 Å². The van der Waals surface area contributed by atoms with E-state index in [1.807, 2.05) is 0 Å². The molecule has 1 N–H and O–H groups in total. The summed E-state index contributed by atoms with van der Waals surface area (Å²) < 4.78 is 12.8. The maximum atomic E-state index is 12.8. The molecule has 0 spiro atoms. The molecule has 2 rings (SSSR count). The van der Waals surface area contributed by atoms with Crippen molar-refractivity contribution in [3.8, 4) is 0 Å². The Morgan fingerprint density at radius 2 is 1.95 bits per heavy atom. The number of aromatic nitrogens is 1. The minimum absolute atomic E-state index is 0.0703. The third-order valence-corrected chi connectivity index (χ3v) is 3.81. The van der Waals surface area contributed by atoms with E-state index < -0.39 is 0 Å². The molecule has 0 bridgehead atoms. The van der Waals surface area contributed by atoms with Gasteiger partial charge in [0.2, 0.25) is 5.91 Å². The summed E-state index contributed by atoms with van der Waals surface area (Å²) in [6.07, 6.45) is 0.133. The molecule has 0 unspecified atom stereocenters. The Kier molecular flexibility index (Phi) is 4.24. The third kappa shape index (κ3) is 3.48. The molecule has 2 aromatic rings. The lowest BCUT2D eigenvalue weighted by Gasteiger charge is -2.01. The molecule has 0 saturated carbocycles. The number of nitrogens with one attached hydrogen (secondary N) is 1. The summed E-state index contributed by atoms with van der Waals surface area (Å²) in [4.78, 5) is 27.8. The number of carbonyl (C=O) groups excluding carboxylic acids is 2. The molecule has 0 saturated heterocycles. The lowest BCUT2D eigenvalue weighted by Crippen LogP contribution is -2.14. The van der Waals surface area contributed by atoms with Gasteiger partial charge in [0.1, 0.15) is 5.82 Å². The van der Waals surface area contributed by atoms with Crippen LogP contribution in [0, 0.1) is 12.7 Å². The highest BCUT2D eigenvalue weighted by atomic mass is 32.1. The van der Waals surface area contributed by atoms with Gasteiger partial charge < -0.3 is 5.32 Å². The Morgan fingerprint density at radius 1 is 1.30 bits per heavy atom. The Bertz CT molecular complexity index is 650. The van der Waals surface area contributed by atoms with E-state index in [9.17, 15) is 14.0 Å². The Hall–Kier alpha value is -2.08. The van der Waals surface area contributed by atoms with Gasteiger partial charge in [0, 0.05) is 6.92 Å². The summed E-state index contributed by atoms with van der Waals surface area (Å²) in [6, 6.07) is 5.74. The zero-order valence-corrected chi connectivity index (χ0v) is 11.9. The van der Waals surface area contributed by atoms with Gasteiger partial charge in [-0.15, -0.1) is 0 Å². The monoisotopic (exact) mass is 292 g/mol. The van der Waals surface area contributed by atoms with Crippen molar-refractivity contribution in [3.63, 3.8) is 0 Å². The minimum Gasteiger partial charge on any atom is -0.302 e. The number of rotatable bonds is 4. The van der Waals surface area contributed by atoms with E-state index in [-0.39, 0.29) is 23.9 Å². The first-order chi connectivity index (χ1) is 9.45. The van der Waals surface area contributed by atoms with Crippen LogP contribution in [0.5, 0.6) is 0 Å². The molecule has 0 fully saturated rings. The average molecular weight is 292 g/mol. The van der Waals surface area contributed by atoms with Crippen molar-refractivity contribution in [1.82, 2.24) is 4.98 Å². The predicted octanol–water partition coefficient (Wildman–Crippen LogP) is 2.97. The molecular weight excluding hydrogens is 279 g/mol. The summed E-state index contributed by atoms with van der Waals surface area (Å²) in [5.41, 5.74) is 1.32. The molecule has 1 heterocycles. The van der Waals surface area contributed by atoms with Gasteiger partial charge in [0.25, 0.3) is 0 Å². The summed E-state index contributed by atoms with van der Waals surface area (Å²) in [6.45, 7) is 3.19. The van der Waals surface area contributed by atoms with Crippen LogP contribution >= 0.6 is 11.3 Å². The van der Waals surface area contributed by atoms with Crippen LogP contribution in [-0.2, 0) is 11.2 Å². The fourth-order valence-electron chi connectivity index (χ4n) is 1.73. The molecule has 0 radical (unpaired) electrons. The second-order valence-corrected chi connectivity index (χ2v) is 5.34. The molecular formula is C14H13FN2O2S. The average Bonchev–Trinajstić information content (AvgIpc) is 2.73. The lowest BCUT2D eigenvalue weighted by atomic mass is 10.1. The van der Waals surface area contributed by atoms with Crippen molar-refractivity contribution < 1.29 is 14.0 Å². The number of thiazole rings is 1. The van der Waals surface area contributed by atoms with Gasteiger partial charge in [-0.25, -0.2) is 9.37 Å². The second kappa shape index (κ2) is 5.92. The van der Waals surface area contributed by atoms with Crippen LogP contribution in [0.2, 0.25) is 0 Å². The zero-order valence-electron chi connectivity index (χ0n) is 11.1. The minimum atomic E-state index is -0.337. The molecule has 0 aliphatic heterocycles. The van der Waals surface area contributed by atoms with Crippen LogP contribution < -0.4 is 5.32 Å². The summed E-state index contributed by atoms with van der Waals surface area (Å²) >= 11 is 1.16. The number of hydrogen-bond acceptors (Lipinski definition) is 4. The van der Waals surface area contributed by atoms with Crippen molar-refractivity contribution in [1.29, 1.82) is 0 Å². The topological polar surface area (TPSA) is 59.1 Å². The lowest BCUT2D eigenvalue weighted by molar-refractivity contribution is -0.115. The molecule has 0 aliphatic rings. The SMILES string of the molecule is CC(=O)c1sc(NC(=O)Cc2ccc(F)cc2)nc1C. The van der Waals surface area contributed by atoms with E-state index in [1.54, 1.807) is 19.1 Å². The number of aryl methyl sites for hydroxylation is 1. The summed E-state index contributed by atoms with van der Waals surface area (Å²) in [5.74, 6) is -0.657. The van der Waals surface area contributed by atoms with E-state index >= 15 is 0 Å². The normalized spacial score (nSPS) is 10.3. The molecule has 1 amide bonds. The standard InChI is InChI=1S/C14H13FN2O2S/c1-8-13(9(2)18)20-14(16-8)17-12(19)7-10-3-5-11(15)6-4-10/h3-6H,7H2,1-2H3,(H,16,17,19). The van der Waals surface area contributed by atoms with Crippen molar-refractivity contribution in [2.45, 2.75) is 20.3 Å². The quantitative estimate of drug-likeness (QED) is 0.881. The number of amides is 1. The van der Waals surface area contributed by atoms with Gasteiger partial charge in [-0.3, -0.25) is 9.59 Å². The number of hydrogen-bond donors (Lipinski definition) is 1. The molecule has 6 heteroatoms. The van der Waals surface area contributed by atoms with Gasteiger partial charge in [-0.05, 0) is 24.6 Å². The zero-order chi connectivity index (χ0) is 14.7. The van der Waals surface area contributed by atoms with E-state index in [0.717, 1.165) is 11.3 Å². The number of benzene rings is 1. The van der Waals surface area contributed by atoms with Crippen LogP contribution in [-0.4, -0.2) is 16.7 Å². The maximum Gasteiger partial charge on any atom is 0.230 e. The van der Waals surface area contributed by atoms with Crippen LogP contribution in [0.4, 0.5) is 9.52 Å². The smallest absolute Gasteiger partial charge is 0.230 e. The van der Waals surface area contributed by atoms with E-state index in [4.69, 9.17) is 0 Å². The fraction of sp³-hybridized carbons (Fsp3) is 0.214. The molecule has 0 aliphatic carbocycles. The highest BCUT2D eigenvalue weighted by molar-refractivity contribution is 7.17. The molecule has 1 aromatic heterocycles. The largest absolute Gasteiger partial charge is 0.302 e. The van der Waals surface area contributed by atoms with Crippen molar-refractivity contribution in [3.05, 3.63) is 46.2 Å². The number of ketones is 1. The molecule has 20 heavy (non-hydrogen) atoms.